The average molecular weight is 879 g/mol. The first-order valence-corrected chi connectivity index (χ1v) is 23.6. The van der Waals surface area contributed by atoms with Crippen LogP contribution < -0.4 is 0 Å². The van der Waals surface area contributed by atoms with E-state index in [2.05, 4.69) is 238 Å². The van der Waals surface area contributed by atoms with Crippen LogP contribution in [0.4, 0.5) is 0 Å². The molecule has 0 spiro atoms. The van der Waals surface area contributed by atoms with Crippen LogP contribution in [0.25, 0.3) is 124 Å². The van der Waals surface area contributed by atoms with Crippen LogP contribution in [0.15, 0.2) is 224 Å². The van der Waals surface area contributed by atoms with E-state index in [1.807, 2.05) is 0 Å². The van der Waals surface area contributed by atoms with Gasteiger partial charge in [-0.2, -0.15) is 0 Å². The molecule has 0 aliphatic rings. The molecule has 0 saturated carbocycles. The number of hydrogen-bond acceptors (Lipinski definition) is 0. The van der Waals surface area contributed by atoms with Crippen LogP contribution in [0.2, 0.25) is 0 Å². The second kappa shape index (κ2) is 13.8. The molecule has 14 rings (SSSR count). The van der Waals surface area contributed by atoms with E-state index in [4.69, 9.17) is 0 Å². The third-order valence-electron chi connectivity index (χ3n) is 13.4. The molecule has 14 aromatic rings. The second-order valence-electron chi connectivity index (χ2n) is 16.9. The second-order valence-corrected chi connectivity index (χ2v) is 19.1. The molecule has 0 aliphatic heterocycles. The van der Waals surface area contributed by atoms with E-state index >= 15 is 0 Å². The van der Waals surface area contributed by atoms with Gasteiger partial charge in [-0.3, -0.25) is 0 Å². The van der Waals surface area contributed by atoms with E-state index in [1.165, 1.54) is 113 Å². The molecule has 298 valence electrons. The van der Waals surface area contributed by atoms with Crippen LogP contribution in [0.5, 0.6) is 0 Å². The summed E-state index contributed by atoms with van der Waals surface area (Å²) in [7, 11) is 0. The number of fused-ring (bicyclic) bond motifs is 12. The summed E-state index contributed by atoms with van der Waals surface area (Å²) in [5.74, 6) is 0. The summed E-state index contributed by atoms with van der Waals surface area (Å²) in [6.07, 6.45) is 0. The SMILES string of the molecule is c1ccc(-c2cccc(-c3cccc4c3[se]c3cccc(-n5c6ccccc6c6cc(-n7c8ccccc8c8cc(-n9c%10ccccc%10c%10ccccc%109)ccc87)ccc65)c34)c2)cc1. The summed E-state index contributed by atoms with van der Waals surface area (Å²) in [6.45, 7) is 0. The van der Waals surface area contributed by atoms with Gasteiger partial charge >= 0.3 is 290 Å². The summed E-state index contributed by atoms with van der Waals surface area (Å²) in [6, 6.07) is 83.0. The Balaban J connectivity index is 0.952. The molecule has 3 nitrogen and oxygen atoms in total. The van der Waals surface area contributed by atoms with Crippen LogP contribution in [0.3, 0.4) is 0 Å². The molecule has 4 heterocycles. The summed E-state index contributed by atoms with van der Waals surface area (Å²) in [5, 5.41) is 10.2. The van der Waals surface area contributed by atoms with E-state index < -0.39 is 0 Å². The van der Waals surface area contributed by atoms with Crippen LogP contribution in [0.1, 0.15) is 0 Å². The van der Waals surface area contributed by atoms with E-state index in [-0.39, 0.29) is 14.5 Å². The molecule has 0 fully saturated rings. The van der Waals surface area contributed by atoms with Crippen molar-refractivity contribution in [2.24, 2.45) is 0 Å². The molecule has 0 atom stereocenters. The molecule has 0 amide bonds. The van der Waals surface area contributed by atoms with Gasteiger partial charge in [0.1, 0.15) is 0 Å². The summed E-state index contributed by atoms with van der Waals surface area (Å²) in [4.78, 5) is 0. The number of hydrogen-bond donors (Lipinski definition) is 0. The van der Waals surface area contributed by atoms with Gasteiger partial charge in [-0.05, 0) is 12.1 Å². The van der Waals surface area contributed by atoms with E-state index in [9.17, 15) is 0 Å². The van der Waals surface area contributed by atoms with Crippen molar-refractivity contribution < 1.29 is 0 Å². The number of para-hydroxylation sites is 4. The van der Waals surface area contributed by atoms with Crippen molar-refractivity contribution in [1.82, 2.24) is 13.7 Å². The number of nitrogens with zero attached hydrogens (tertiary/aromatic N) is 3. The minimum atomic E-state index is 0.157. The van der Waals surface area contributed by atoms with Crippen molar-refractivity contribution in [3.63, 3.8) is 0 Å². The first kappa shape index (κ1) is 35.7. The van der Waals surface area contributed by atoms with Gasteiger partial charge in [0.2, 0.25) is 0 Å². The van der Waals surface area contributed by atoms with E-state index in [0.717, 1.165) is 11.4 Å². The van der Waals surface area contributed by atoms with Crippen LogP contribution in [0, 0.1) is 0 Å². The molecule has 64 heavy (non-hydrogen) atoms. The van der Waals surface area contributed by atoms with Crippen molar-refractivity contribution in [2.45, 2.75) is 0 Å². The molecule has 0 saturated heterocycles. The molecule has 4 aromatic heterocycles. The summed E-state index contributed by atoms with van der Waals surface area (Å²) in [5.41, 5.74) is 15.9. The Hall–Kier alpha value is -7.88. The maximum absolute atomic E-state index is 2.52. The Bertz CT molecular complexity index is 4140. The zero-order chi connectivity index (χ0) is 41.9. The predicted octanol–water partition coefficient (Wildman–Crippen LogP) is 15.7. The van der Waals surface area contributed by atoms with E-state index in [0.29, 0.717) is 0 Å². The Morgan fingerprint density at radius 1 is 0.281 bits per heavy atom. The Labute approximate surface area is 374 Å². The van der Waals surface area contributed by atoms with Gasteiger partial charge in [-0.25, -0.2) is 0 Å². The van der Waals surface area contributed by atoms with Gasteiger partial charge < -0.3 is 4.57 Å². The zero-order valence-corrected chi connectivity index (χ0v) is 36.3. The Morgan fingerprint density at radius 3 is 1.36 bits per heavy atom. The molecule has 0 aliphatic carbocycles. The number of benzene rings is 10. The van der Waals surface area contributed by atoms with Gasteiger partial charge in [0, 0.05) is 16.5 Å². The first-order valence-electron chi connectivity index (χ1n) is 21.9. The summed E-state index contributed by atoms with van der Waals surface area (Å²) < 4.78 is 10.3. The van der Waals surface area contributed by atoms with Crippen molar-refractivity contribution >= 4 is 99.2 Å². The predicted molar refractivity (Wildman–Crippen MR) is 272 cm³/mol. The molecule has 0 N–H and O–H groups in total. The fourth-order valence-electron chi connectivity index (χ4n) is 10.7. The van der Waals surface area contributed by atoms with Gasteiger partial charge in [0.15, 0.2) is 0 Å². The Kier molecular flexibility index (Phi) is 7.70. The molecule has 0 bridgehead atoms. The van der Waals surface area contributed by atoms with Gasteiger partial charge in [-0.1, -0.05) is 42.5 Å². The van der Waals surface area contributed by atoms with Crippen molar-refractivity contribution in [1.29, 1.82) is 0 Å². The normalized spacial score (nSPS) is 12.1. The molecule has 0 unspecified atom stereocenters. The topological polar surface area (TPSA) is 14.8 Å². The minimum absolute atomic E-state index is 0.157. The standard InChI is InChI=1S/C60H37N3Se/c1-2-15-38(16-3-1)39-17-12-18-40(35-39)43-23-13-24-48-59-57(29-14-30-58(59)64-60(43)48)63-54-28-11-7-22-47(54)50-37-42(32-34-56(50)63)62-53-27-10-6-21-46(53)49-36-41(31-33-55(49)62)61-51-25-8-4-19-44(51)45-20-5-9-26-52(45)61/h1-37H. The molecular weight excluding hydrogens is 842 g/mol. The quantitative estimate of drug-likeness (QED) is 0.153. The molecule has 10 aromatic carbocycles. The van der Waals surface area contributed by atoms with Gasteiger partial charge in [-0.15, -0.1) is 0 Å². The Morgan fingerprint density at radius 2 is 0.734 bits per heavy atom. The fraction of sp³-hybridized carbons (Fsp3) is 0. The zero-order valence-electron chi connectivity index (χ0n) is 34.6. The van der Waals surface area contributed by atoms with Crippen LogP contribution in [-0.4, -0.2) is 28.2 Å². The van der Waals surface area contributed by atoms with Crippen molar-refractivity contribution in [3.05, 3.63) is 224 Å². The van der Waals surface area contributed by atoms with Crippen LogP contribution >= 0.6 is 0 Å². The molecule has 0 radical (unpaired) electrons. The monoisotopic (exact) mass is 879 g/mol. The van der Waals surface area contributed by atoms with Crippen LogP contribution in [-0.2, 0) is 0 Å². The molecular formula is C60H37N3Se. The first-order chi connectivity index (χ1) is 31.8. The third kappa shape index (κ3) is 5.15. The van der Waals surface area contributed by atoms with Crippen molar-refractivity contribution in [3.8, 4) is 39.3 Å². The van der Waals surface area contributed by atoms with Gasteiger partial charge in [0.05, 0.1) is 11.0 Å². The third-order valence-corrected chi connectivity index (χ3v) is 16.0. The average Bonchev–Trinajstić information content (AvgIpc) is 4.10. The molecule has 4 heteroatoms. The number of aromatic nitrogens is 3. The van der Waals surface area contributed by atoms with Gasteiger partial charge in [0.25, 0.3) is 0 Å². The maximum atomic E-state index is 2.52. The van der Waals surface area contributed by atoms with Crippen molar-refractivity contribution in [2.75, 3.05) is 0 Å². The van der Waals surface area contributed by atoms with E-state index in [1.54, 1.807) is 0 Å². The number of rotatable bonds is 5. The fourth-order valence-corrected chi connectivity index (χ4v) is 13.3. The summed E-state index contributed by atoms with van der Waals surface area (Å²) >= 11 is 0.157.